The summed E-state index contributed by atoms with van der Waals surface area (Å²) < 4.78 is 0. The molecule has 1 fully saturated rings. The molecule has 2 unspecified atom stereocenters. The quantitative estimate of drug-likeness (QED) is 0.833. The van der Waals surface area contributed by atoms with Crippen LogP contribution in [0.15, 0.2) is 11.4 Å². The first kappa shape index (κ1) is 12.7. The molecule has 2 atom stereocenters. The SMILES string of the molecule is CCCNC(C1CCC1)C1CCCc2sccc21. The molecule has 2 aliphatic rings. The van der Waals surface area contributed by atoms with Crippen molar-refractivity contribution in [1.82, 2.24) is 5.32 Å². The minimum atomic E-state index is 0.757. The molecular formula is C16H25NS. The fourth-order valence-corrected chi connectivity index (χ4v) is 4.64. The Hall–Kier alpha value is -0.340. The highest BCUT2D eigenvalue weighted by Crippen LogP contribution is 2.43. The molecule has 0 bridgehead atoms. The van der Waals surface area contributed by atoms with E-state index < -0.39 is 0 Å². The Morgan fingerprint density at radius 1 is 1.33 bits per heavy atom. The van der Waals surface area contributed by atoms with E-state index >= 15 is 0 Å². The summed E-state index contributed by atoms with van der Waals surface area (Å²) in [4.78, 5) is 1.67. The molecule has 100 valence electrons. The van der Waals surface area contributed by atoms with Crippen LogP contribution in [0.3, 0.4) is 0 Å². The van der Waals surface area contributed by atoms with Gasteiger partial charge in [0.05, 0.1) is 0 Å². The lowest BCUT2D eigenvalue weighted by Gasteiger charge is -2.41. The zero-order valence-electron chi connectivity index (χ0n) is 11.5. The van der Waals surface area contributed by atoms with E-state index in [1.54, 1.807) is 10.4 Å². The number of rotatable bonds is 5. The van der Waals surface area contributed by atoms with Crippen molar-refractivity contribution in [3.05, 3.63) is 21.9 Å². The van der Waals surface area contributed by atoms with Crippen LogP contribution in [0, 0.1) is 5.92 Å². The van der Waals surface area contributed by atoms with Crippen molar-refractivity contribution in [1.29, 1.82) is 0 Å². The van der Waals surface area contributed by atoms with E-state index in [-0.39, 0.29) is 0 Å². The van der Waals surface area contributed by atoms with Crippen LogP contribution >= 0.6 is 11.3 Å². The first-order valence-corrected chi connectivity index (χ1v) is 8.57. The zero-order valence-corrected chi connectivity index (χ0v) is 12.3. The van der Waals surface area contributed by atoms with Gasteiger partial charge >= 0.3 is 0 Å². The second-order valence-electron chi connectivity index (χ2n) is 5.97. The number of hydrogen-bond acceptors (Lipinski definition) is 2. The van der Waals surface area contributed by atoms with Gasteiger partial charge in [-0.05, 0) is 68.0 Å². The van der Waals surface area contributed by atoms with Gasteiger partial charge in [0.2, 0.25) is 0 Å². The molecule has 18 heavy (non-hydrogen) atoms. The molecule has 1 N–H and O–H groups in total. The third-order valence-corrected chi connectivity index (χ3v) is 5.82. The minimum Gasteiger partial charge on any atom is -0.313 e. The highest BCUT2D eigenvalue weighted by atomic mass is 32.1. The highest BCUT2D eigenvalue weighted by Gasteiger charge is 2.35. The van der Waals surface area contributed by atoms with Crippen LogP contribution in [-0.4, -0.2) is 12.6 Å². The van der Waals surface area contributed by atoms with Crippen LogP contribution in [0.2, 0.25) is 0 Å². The predicted molar refractivity (Wildman–Crippen MR) is 79.4 cm³/mol. The molecule has 1 aromatic heterocycles. The molecule has 1 aromatic rings. The first-order valence-electron chi connectivity index (χ1n) is 7.69. The lowest BCUT2D eigenvalue weighted by molar-refractivity contribution is 0.195. The van der Waals surface area contributed by atoms with Gasteiger partial charge in [0.25, 0.3) is 0 Å². The topological polar surface area (TPSA) is 12.0 Å². The van der Waals surface area contributed by atoms with Crippen molar-refractivity contribution in [2.24, 2.45) is 5.92 Å². The number of aryl methyl sites for hydroxylation is 1. The Bertz CT molecular complexity index is 380. The predicted octanol–water partition coefficient (Wildman–Crippen LogP) is 4.34. The second-order valence-corrected chi connectivity index (χ2v) is 6.97. The maximum absolute atomic E-state index is 3.88. The maximum atomic E-state index is 3.88. The largest absolute Gasteiger partial charge is 0.313 e. The van der Waals surface area contributed by atoms with Crippen molar-refractivity contribution >= 4 is 11.3 Å². The molecule has 1 saturated carbocycles. The number of hydrogen-bond donors (Lipinski definition) is 1. The second kappa shape index (κ2) is 5.75. The van der Waals surface area contributed by atoms with Crippen molar-refractivity contribution in [2.45, 2.75) is 63.8 Å². The molecule has 0 saturated heterocycles. The molecule has 0 spiro atoms. The van der Waals surface area contributed by atoms with Gasteiger partial charge in [0.1, 0.15) is 0 Å². The van der Waals surface area contributed by atoms with E-state index in [1.807, 2.05) is 11.3 Å². The Labute approximate surface area is 115 Å². The summed E-state index contributed by atoms with van der Waals surface area (Å²) in [5, 5.41) is 6.18. The molecule has 3 rings (SSSR count). The van der Waals surface area contributed by atoms with Gasteiger partial charge in [-0.3, -0.25) is 0 Å². The van der Waals surface area contributed by atoms with Gasteiger partial charge in [-0.2, -0.15) is 0 Å². The summed E-state index contributed by atoms with van der Waals surface area (Å²) in [7, 11) is 0. The summed E-state index contributed by atoms with van der Waals surface area (Å²) >= 11 is 1.98. The highest BCUT2D eigenvalue weighted by molar-refractivity contribution is 7.10. The molecule has 0 radical (unpaired) electrons. The zero-order chi connectivity index (χ0) is 12.4. The van der Waals surface area contributed by atoms with Crippen molar-refractivity contribution in [3.63, 3.8) is 0 Å². The summed E-state index contributed by atoms with van der Waals surface area (Å²) in [6.45, 7) is 3.47. The summed E-state index contributed by atoms with van der Waals surface area (Å²) in [6.07, 6.45) is 9.75. The molecule has 0 amide bonds. The monoisotopic (exact) mass is 263 g/mol. The Morgan fingerprint density at radius 3 is 2.94 bits per heavy atom. The summed E-state index contributed by atoms with van der Waals surface area (Å²) in [5.41, 5.74) is 1.69. The first-order chi connectivity index (χ1) is 8.90. The smallest absolute Gasteiger partial charge is 0.0164 e. The lowest BCUT2D eigenvalue weighted by Crippen LogP contribution is -2.45. The van der Waals surface area contributed by atoms with Crippen LogP contribution in [0.4, 0.5) is 0 Å². The molecule has 0 aromatic carbocycles. The van der Waals surface area contributed by atoms with E-state index in [0.29, 0.717) is 0 Å². The standard InChI is InChI=1S/C16H25NS/c1-2-10-17-16(12-5-3-6-12)14-7-4-8-15-13(14)9-11-18-15/h9,11-12,14,16-17H,2-8,10H2,1H3. The van der Waals surface area contributed by atoms with Gasteiger partial charge in [-0.25, -0.2) is 0 Å². The lowest BCUT2D eigenvalue weighted by atomic mass is 9.70. The third kappa shape index (κ3) is 2.37. The number of nitrogens with one attached hydrogen (secondary N) is 1. The number of fused-ring (bicyclic) bond motifs is 1. The molecule has 1 nitrogen and oxygen atoms in total. The normalized spacial score (nSPS) is 25.5. The van der Waals surface area contributed by atoms with E-state index in [0.717, 1.165) is 17.9 Å². The Morgan fingerprint density at radius 2 is 2.22 bits per heavy atom. The van der Waals surface area contributed by atoms with Gasteiger partial charge in [-0.1, -0.05) is 13.3 Å². The molecule has 2 heteroatoms. The van der Waals surface area contributed by atoms with Gasteiger partial charge in [0.15, 0.2) is 0 Å². The maximum Gasteiger partial charge on any atom is 0.0164 e. The minimum absolute atomic E-state index is 0.757. The van der Waals surface area contributed by atoms with Crippen molar-refractivity contribution in [2.75, 3.05) is 6.54 Å². The third-order valence-electron chi connectivity index (χ3n) is 4.82. The van der Waals surface area contributed by atoms with Crippen LogP contribution in [0.1, 0.15) is 61.8 Å². The fraction of sp³-hybridized carbons (Fsp3) is 0.750. The molecule has 0 aliphatic heterocycles. The Balaban J connectivity index is 1.78. The molecule has 2 aliphatic carbocycles. The Kier molecular flexibility index (Phi) is 4.05. The van der Waals surface area contributed by atoms with E-state index in [9.17, 15) is 0 Å². The summed E-state index contributed by atoms with van der Waals surface area (Å²) in [5.74, 6) is 1.75. The van der Waals surface area contributed by atoms with Crippen LogP contribution in [0.5, 0.6) is 0 Å². The van der Waals surface area contributed by atoms with Crippen LogP contribution in [0.25, 0.3) is 0 Å². The number of thiophene rings is 1. The van der Waals surface area contributed by atoms with Crippen molar-refractivity contribution < 1.29 is 0 Å². The molecule has 1 heterocycles. The average molecular weight is 263 g/mol. The van der Waals surface area contributed by atoms with Crippen molar-refractivity contribution in [3.8, 4) is 0 Å². The molecular weight excluding hydrogens is 238 g/mol. The summed E-state index contributed by atoms with van der Waals surface area (Å²) in [6, 6.07) is 3.16. The van der Waals surface area contributed by atoms with E-state index in [1.165, 1.54) is 51.5 Å². The van der Waals surface area contributed by atoms with Gasteiger partial charge in [0, 0.05) is 16.8 Å². The van der Waals surface area contributed by atoms with Gasteiger partial charge < -0.3 is 5.32 Å². The van der Waals surface area contributed by atoms with E-state index in [4.69, 9.17) is 0 Å². The van der Waals surface area contributed by atoms with Crippen LogP contribution < -0.4 is 5.32 Å². The average Bonchev–Trinajstić information content (AvgIpc) is 2.80. The van der Waals surface area contributed by atoms with Crippen LogP contribution in [-0.2, 0) is 6.42 Å². The fourth-order valence-electron chi connectivity index (χ4n) is 3.64. The van der Waals surface area contributed by atoms with E-state index in [2.05, 4.69) is 23.7 Å². The van der Waals surface area contributed by atoms with Gasteiger partial charge in [-0.15, -0.1) is 11.3 Å².